The monoisotopic (exact) mass is 438 g/mol. The van der Waals surface area contributed by atoms with Gasteiger partial charge in [-0.2, -0.15) is 0 Å². The standard InChI is InChI=1S/C26H22N4O3/c1-17-9-11-21(25(29-31)30(2)16-18-6-5-13-27-15-18)26(28-17)32-19-10-12-24-22(14-19)20-7-3-4-8-23(20)33-24/h3-15,31H,16H2,1-2H3/b29-25-. The molecule has 0 fully saturated rings. The van der Waals surface area contributed by atoms with Crippen molar-refractivity contribution in [3.05, 3.63) is 95.9 Å². The fourth-order valence-electron chi connectivity index (χ4n) is 3.84. The van der Waals surface area contributed by atoms with Crippen molar-refractivity contribution >= 4 is 27.8 Å². The summed E-state index contributed by atoms with van der Waals surface area (Å²) in [6, 6.07) is 21.1. The first-order chi connectivity index (χ1) is 16.1. The van der Waals surface area contributed by atoms with Crippen molar-refractivity contribution in [2.75, 3.05) is 7.05 Å². The predicted molar refractivity (Wildman–Crippen MR) is 127 cm³/mol. The Hall–Kier alpha value is -4.39. The number of aryl methyl sites for hydroxylation is 1. The molecule has 0 aliphatic rings. The zero-order chi connectivity index (χ0) is 22.8. The van der Waals surface area contributed by atoms with Crippen LogP contribution in [0.3, 0.4) is 0 Å². The minimum absolute atomic E-state index is 0.344. The van der Waals surface area contributed by atoms with Crippen LogP contribution in [-0.4, -0.2) is 33.0 Å². The number of hydrogen-bond acceptors (Lipinski definition) is 6. The molecule has 0 saturated heterocycles. The number of fused-ring (bicyclic) bond motifs is 3. The molecule has 5 aromatic rings. The van der Waals surface area contributed by atoms with Gasteiger partial charge in [0, 0.05) is 42.5 Å². The maximum Gasteiger partial charge on any atom is 0.230 e. The van der Waals surface area contributed by atoms with Crippen LogP contribution in [0.4, 0.5) is 0 Å². The maximum atomic E-state index is 9.85. The van der Waals surface area contributed by atoms with E-state index >= 15 is 0 Å². The molecule has 3 aromatic heterocycles. The van der Waals surface area contributed by atoms with Gasteiger partial charge in [-0.05, 0) is 55.0 Å². The topological polar surface area (TPSA) is 84.0 Å². The summed E-state index contributed by atoms with van der Waals surface area (Å²) in [5.41, 5.74) is 3.96. The molecular weight excluding hydrogens is 416 g/mol. The van der Waals surface area contributed by atoms with Gasteiger partial charge in [-0.25, -0.2) is 4.98 Å². The number of para-hydroxylation sites is 1. The van der Waals surface area contributed by atoms with Gasteiger partial charge in [0.25, 0.3) is 0 Å². The Morgan fingerprint density at radius 3 is 2.70 bits per heavy atom. The molecule has 0 aliphatic carbocycles. The van der Waals surface area contributed by atoms with E-state index in [2.05, 4.69) is 15.1 Å². The maximum absolute atomic E-state index is 9.85. The summed E-state index contributed by atoms with van der Waals surface area (Å²) in [5.74, 6) is 1.31. The lowest BCUT2D eigenvalue weighted by molar-refractivity contribution is 0.305. The van der Waals surface area contributed by atoms with E-state index in [-0.39, 0.29) is 0 Å². The quantitative estimate of drug-likeness (QED) is 0.163. The molecule has 5 rings (SSSR count). The van der Waals surface area contributed by atoms with Crippen LogP contribution >= 0.6 is 0 Å². The van der Waals surface area contributed by atoms with Crippen LogP contribution in [0, 0.1) is 6.92 Å². The lowest BCUT2D eigenvalue weighted by Gasteiger charge is -2.21. The molecule has 3 heterocycles. The van der Waals surface area contributed by atoms with E-state index in [1.54, 1.807) is 12.4 Å². The fraction of sp³-hybridized carbons (Fsp3) is 0.115. The minimum Gasteiger partial charge on any atom is -0.456 e. The van der Waals surface area contributed by atoms with Gasteiger partial charge in [-0.3, -0.25) is 4.98 Å². The molecule has 164 valence electrons. The lowest BCUT2D eigenvalue weighted by Crippen LogP contribution is -2.28. The molecule has 0 amide bonds. The van der Waals surface area contributed by atoms with Crippen molar-refractivity contribution in [1.29, 1.82) is 0 Å². The number of amidine groups is 1. The van der Waals surface area contributed by atoms with E-state index in [9.17, 15) is 5.21 Å². The zero-order valence-electron chi connectivity index (χ0n) is 18.3. The number of rotatable bonds is 5. The zero-order valence-corrected chi connectivity index (χ0v) is 18.3. The highest BCUT2D eigenvalue weighted by molar-refractivity contribution is 6.05. The number of furan rings is 1. The molecule has 0 aliphatic heterocycles. The fourth-order valence-corrected chi connectivity index (χ4v) is 3.84. The molecule has 0 atom stereocenters. The summed E-state index contributed by atoms with van der Waals surface area (Å²) >= 11 is 0. The second kappa shape index (κ2) is 8.63. The highest BCUT2D eigenvalue weighted by Gasteiger charge is 2.19. The molecule has 0 radical (unpaired) electrons. The van der Waals surface area contributed by atoms with E-state index in [1.807, 2.05) is 85.6 Å². The van der Waals surface area contributed by atoms with E-state index in [1.165, 1.54) is 0 Å². The summed E-state index contributed by atoms with van der Waals surface area (Å²) in [4.78, 5) is 10.6. The van der Waals surface area contributed by atoms with Gasteiger partial charge < -0.3 is 19.3 Å². The van der Waals surface area contributed by atoms with E-state index in [0.29, 0.717) is 29.6 Å². The molecule has 2 aromatic carbocycles. The molecule has 7 nitrogen and oxygen atoms in total. The van der Waals surface area contributed by atoms with Gasteiger partial charge in [-0.15, -0.1) is 0 Å². The highest BCUT2D eigenvalue weighted by atomic mass is 16.5. The van der Waals surface area contributed by atoms with Gasteiger partial charge in [0.15, 0.2) is 5.84 Å². The highest BCUT2D eigenvalue weighted by Crippen LogP contribution is 2.33. The summed E-state index contributed by atoms with van der Waals surface area (Å²) in [5, 5.41) is 15.4. The molecule has 1 N–H and O–H groups in total. The van der Waals surface area contributed by atoms with Crippen LogP contribution in [0.1, 0.15) is 16.8 Å². The van der Waals surface area contributed by atoms with Crippen molar-refractivity contribution in [1.82, 2.24) is 14.9 Å². The minimum atomic E-state index is 0.344. The molecule has 33 heavy (non-hydrogen) atoms. The van der Waals surface area contributed by atoms with Gasteiger partial charge in [0.1, 0.15) is 16.9 Å². The Kier molecular flexibility index (Phi) is 5.36. The largest absolute Gasteiger partial charge is 0.456 e. The van der Waals surface area contributed by atoms with Gasteiger partial charge in [0.2, 0.25) is 5.88 Å². The van der Waals surface area contributed by atoms with Gasteiger partial charge in [0.05, 0.1) is 5.56 Å². The molecule has 0 spiro atoms. The average molecular weight is 438 g/mol. The van der Waals surface area contributed by atoms with E-state index in [4.69, 9.17) is 9.15 Å². The second-order valence-corrected chi connectivity index (χ2v) is 7.80. The SMILES string of the molecule is Cc1ccc(/C(=N/O)N(C)Cc2cccnc2)c(Oc2ccc3oc4ccccc4c3c2)n1. The Balaban J connectivity index is 1.50. The van der Waals surface area contributed by atoms with Crippen molar-refractivity contribution in [3.63, 3.8) is 0 Å². The smallest absolute Gasteiger partial charge is 0.230 e. The third kappa shape index (κ3) is 4.08. The van der Waals surface area contributed by atoms with Crippen molar-refractivity contribution in [2.24, 2.45) is 5.16 Å². The van der Waals surface area contributed by atoms with Crippen molar-refractivity contribution in [3.8, 4) is 11.6 Å². The number of nitrogens with zero attached hydrogens (tertiary/aromatic N) is 4. The molecule has 0 saturated carbocycles. The molecule has 7 heteroatoms. The number of hydrogen-bond donors (Lipinski definition) is 1. The Morgan fingerprint density at radius 1 is 1.03 bits per heavy atom. The van der Waals surface area contributed by atoms with Crippen LogP contribution < -0.4 is 4.74 Å². The summed E-state index contributed by atoms with van der Waals surface area (Å²) in [7, 11) is 1.84. The third-order valence-electron chi connectivity index (χ3n) is 5.40. The lowest BCUT2D eigenvalue weighted by atomic mass is 10.1. The Labute approximate surface area is 190 Å². The first kappa shape index (κ1) is 20.5. The third-order valence-corrected chi connectivity index (χ3v) is 5.40. The summed E-state index contributed by atoms with van der Waals surface area (Å²) in [6.45, 7) is 2.39. The molecule has 0 bridgehead atoms. The summed E-state index contributed by atoms with van der Waals surface area (Å²) in [6.07, 6.45) is 3.50. The second-order valence-electron chi connectivity index (χ2n) is 7.80. The van der Waals surface area contributed by atoms with Crippen molar-refractivity contribution < 1.29 is 14.4 Å². The number of pyridine rings is 2. The molecule has 0 unspecified atom stereocenters. The number of ether oxygens (including phenoxy) is 1. The first-order valence-electron chi connectivity index (χ1n) is 10.5. The van der Waals surface area contributed by atoms with Crippen LogP contribution in [0.5, 0.6) is 11.6 Å². The predicted octanol–water partition coefficient (Wildman–Crippen LogP) is 5.74. The normalized spacial score (nSPS) is 11.8. The Bertz CT molecular complexity index is 1460. The van der Waals surface area contributed by atoms with Gasteiger partial charge in [-0.1, -0.05) is 29.4 Å². The van der Waals surface area contributed by atoms with Gasteiger partial charge >= 0.3 is 0 Å². The molecular formula is C26H22N4O3. The van der Waals surface area contributed by atoms with Crippen LogP contribution in [0.15, 0.2) is 88.7 Å². The number of oxime groups is 1. The van der Waals surface area contributed by atoms with Crippen LogP contribution in [0.2, 0.25) is 0 Å². The van der Waals surface area contributed by atoms with Crippen molar-refractivity contribution in [2.45, 2.75) is 13.5 Å². The number of aromatic nitrogens is 2. The summed E-state index contributed by atoms with van der Waals surface area (Å²) < 4.78 is 12.1. The van der Waals surface area contributed by atoms with E-state index < -0.39 is 0 Å². The Morgan fingerprint density at radius 2 is 1.88 bits per heavy atom. The van der Waals surface area contributed by atoms with E-state index in [0.717, 1.165) is 33.2 Å². The first-order valence-corrected chi connectivity index (χ1v) is 10.5. The van der Waals surface area contributed by atoms with Crippen LogP contribution in [0.25, 0.3) is 21.9 Å². The average Bonchev–Trinajstić information content (AvgIpc) is 3.19. The number of benzene rings is 2. The van der Waals surface area contributed by atoms with Crippen LogP contribution in [-0.2, 0) is 6.54 Å².